The fourth-order valence-electron chi connectivity index (χ4n) is 6.49. The number of carbonyl (C=O) groups excluding carboxylic acids is 2. The highest BCUT2D eigenvalue weighted by Gasteiger charge is 2.38. The number of amides is 1. The van der Waals surface area contributed by atoms with Crippen molar-refractivity contribution in [2.75, 3.05) is 31.1 Å². The predicted molar refractivity (Wildman–Crippen MR) is 205 cm³/mol. The lowest BCUT2D eigenvalue weighted by molar-refractivity contribution is -0.525. The molecule has 0 saturated carbocycles. The third-order valence-corrected chi connectivity index (χ3v) is 9.38. The van der Waals surface area contributed by atoms with Gasteiger partial charge in [-0.1, -0.05) is 10.9 Å². The van der Waals surface area contributed by atoms with Gasteiger partial charge in [-0.3, -0.25) is 9.59 Å². The van der Waals surface area contributed by atoms with Gasteiger partial charge in [0.2, 0.25) is 11.3 Å². The topological polar surface area (TPSA) is 368 Å². The Bertz CT molecular complexity index is 2110. The summed E-state index contributed by atoms with van der Waals surface area (Å²) in [5.41, 5.74) is 20.4. The van der Waals surface area contributed by atoms with Crippen LogP contribution in [-0.4, -0.2) is 111 Å². The minimum atomic E-state index is -5.08. The number of nitro groups is 2. The van der Waals surface area contributed by atoms with Gasteiger partial charge in [-0.15, -0.1) is 0 Å². The number of carboxylic acids is 2. The average Bonchev–Trinajstić information content (AvgIpc) is 3.16. The Morgan fingerprint density at radius 2 is 1.54 bits per heavy atom. The Labute approximate surface area is 341 Å². The number of pyridine rings is 1. The lowest BCUT2D eigenvalue weighted by atomic mass is 9.93. The summed E-state index contributed by atoms with van der Waals surface area (Å²) in [7, 11) is 0. The molecule has 2 aromatic rings. The Balaban J connectivity index is 0.00000130. The molecule has 24 nitrogen and oxygen atoms in total. The van der Waals surface area contributed by atoms with E-state index in [4.69, 9.17) is 31.8 Å². The molecular weight excluding hydrogens is 832 g/mol. The Hall–Kier alpha value is -6.87. The second-order valence-electron chi connectivity index (χ2n) is 13.7. The molecular formula is C33H44F4N12O12. The fraction of sp³-hybridized carbons (Fsp3) is 0.545. The molecule has 0 spiro atoms. The number of piperidine rings is 1. The molecule has 0 unspecified atom stereocenters. The van der Waals surface area contributed by atoms with E-state index >= 15 is 4.39 Å². The summed E-state index contributed by atoms with van der Waals surface area (Å²) in [5, 5.41) is 38.5. The first-order chi connectivity index (χ1) is 28.5. The van der Waals surface area contributed by atoms with E-state index in [1.165, 1.54) is 6.20 Å². The highest BCUT2D eigenvalue weighted by atomic mass is 19.4. The number of carboxylic acid groups (broad SMARTS) is 2. The summed E-state index contributed by atoms with van der Waals surface area (Å²) in [6.07, 6.45) is -2.22. The van der Waals surface area contributed by atoms with Crippen molar-refractivity contribution in [1.82, 2.24) is 20.7 Å². The number of aryl methyl sites for hydroxylation is 1. The van der Waals surface area contributed by atoms with Gasteiger partial charge < -0.3 is 46.9 Å². The Morgan fingerprint density at radius 1 is 1.00 bits per heavy atom. The average molecular weight is 877 g/mol. The molecule has 0 aliphatic carbocycles. The number of aromatic carboxylic acids is 1. The molecule has 1 amide bonds. The number of hydrazine groups is 2. The number of alkyl halides is 3. The molecule has 2 aliphatic rings. The van der Waals surface area contributed by atoms with Crippen LogP contribution in [0.25, 0.3) is 10.9 Å². The molecule has 4 rings (SSSR count). The van der Waals surface area contributed by atoms with Crippen molar-refractivity contribution < 1.29 is 61.8 Å². The van der Waals surface area contributed by atoms with Gasteiger partial charge in [0.1, 0.15) is 23.5 Å². The summed E-state index contributed by atoms with van der Waals surface area (Å²) >= 11 is 0. The number of hydrogen-bond donors (Lipinski definition) is 8. The number of nitrogens with zero attached hydrogens (tertiary/aromatic N) is 6. The van der Waals surface area contributed by atoms with Crippen LogP contribution in [0.15, 0.2) is 27.0 Å². The molecule has 1 fully saturated rings. The van der Waals surface area contributed by atoms with Gasteiger partial charge in [0.15, 0.2) is 10.1 Å². The number of nitrogens with one attached hydrogen (secondary N) is 3. The zero-order valence-corrected chi connectivity index (χ0v) is 32.4. The number of hydrogen-bond acceptors (Lipinski definition) is 14. The van der Waals surface area contributed by atoms with Crippen molar-refractivity contribution in [1.29, 1.82) is 0 Å². The van der Waals surface area contributed by atoms with Gasteiger partial charge >= 0.3 is 24.1 Å². The molecule has 3 atom stereocenters. The van der Waals surface area contributed by atoms with Crippen LogP contribution in [0.5, 0.6) is 0 Å². The molecule has 3 heterocycles. The van der Waals surface area contributed by atoms with E-state index in [2.05, 4.69) is 15.3 Å². The summed E-state index contributed by atoms with van der Waals surface area (Å²) in [4.78, 5) is 90.4. The lowest BCUT2D eigenvalue weighted by Crippen LogP contribution is -2.50. The molecule has 11 N–H and O–H groups in total. The van der Waals surface area contributed by atoms with E-state index < -0.39 is 87.0 Å². The smallest absolute Gasteiger partial charge is 0.477 e. The van der Waals surface area contributed by atoms with E-state index in [1.54, 1.807) is 15.4 Å². The maximum atomic E-state index is 15.8. The van der Waals surface area contributed by atoms with E-state index in [9.17, 15) is 57.7 Å². The summed E-state index contributed by atoms with van der Waals surface area (Å²) in [6, 6.07) is -1.31. The maximum Gasteiger partial charge on any atom is 0.490 e. The highest BCUT2D eigenvalue weighted by molar-refractivity contribution is 5.95. The zero-order valence-electron chi connectivity index (χ0n) is 32.4. The number of carbonyl (C=O) groups is 4. The van der Waals surface area contributed by atoms with Crippen LogP contribution in [-0.2, 0) is 25.5 Å². The van der Waals surface area contributed by atoms with Crippen LogP contribution in [0.2, 0.25) is 0 Å². The van der Waals surface area contributed by atoms with Crippen LogP contribution in [0.3, 0.4) is 0 Å². The summed E-state index contributed by atoms with van der Waals surface area (Å²) in [5.74, 6) is -7.13. The van der Waals surface area contributed by atoms with Gasteiger partial charge in [0, 0.05) is 62.2 Å². The second kappa shape index (κ2) is 21.4. The third-order valence-electron chi connectivity index (χ3n) is 9.38. The number of aliphatic carboxylic acids is 1. The van der Waals surface area contributed by atoms with E-state index in [-0.39, 0.29) is 63.3 Å². The van der Waals surface area contributed by atoms with Crippen LogP contribution in [0.4, 0.5) is 23.2 Å². The minimum Gasteiger partial charge on any atom is -0.477 e. The molecule has 0 bridgehead atoms. The van der Waals surface area contributed by atoms with Gasteiger partial charge in [0.25, 0.3) is 11.9 Å². The fourth-order valence-corrected chi connectivity index (χ4v) is 6.49. The summed E-state index contributed by atoms with van der Waals surface area (Å²) < 4.78 is 55.0. The van der Waals surface area contributed by atoms with E-state index in [0.717, 1.165) is 6.07 Å². The van der Waals surface area contributed by atoms with Gasteiger partial charge in [-0.2, -0.15) is 13.2 Å². The quantitative estimate of drug-likeness (QED) is 0.0210. The molecule has 0 radical (unpaired) electrons. The normalized spacial score (nSPS) is 16.7. The number of aliphatic imine (C=N–C) groups is 2. The minimum absolute atomic E-state index is 0.0000565. The van der Waals surface area contributed by atoms with Gasteiger partial charge in [0.05, 0.1) is 17.2 Å². The number of nitrogens with two attached hydrogens (primary N) is 3. The number of ether oxygens (including phenoxy) is 1. The van der Waals surface area contributed by atoms with Crippen molar-refractivity contribution in [3.05, 3.63) is 59.7 Å². The number of guanidine groups is 2. The third kappa shape index (κ3) is 13.9. The predicted octanol–water partition coefficient (Wildman–Crippen LogP) is 0.0558. The molecule has 1 aromatic heterocycles. The van der Waals surface area contributed by atoms with Crippen molar-refractivity contribution in [2.24, 2.45) is 27.2 Å². The van der Waals surface area contributed by atoms with Crippen molar-refractivity contribution >= 4 is 52.3 Å². The number of benzene rings is 1. The second-order valence-corrected chi connectivity index (χ2v) is 13.7. The van der Waals surface area contributed by atoms with Crippen LogP contribution in [0.1, 0.15) is 73.8 Å². The monoisotopic (exact) mass is 876 g/mol. The highest BCUT2D eigenvalue weighted by Crippen LogP contribution is 2.39. The number of esters is 1. The SMILES string of the molecule is C[C@H]1CCc2c(N3CCC(OC(=O)[C@H](CCCN=C(N)N[N+](=O)[O-])NC(=O)[C@@H](N)CCCN=C(N)N[N+](=O)[O-])CC3)c(F)cc3c(=O)c(C(=O)O)cn1c23.O=C(O)C(F)(F)F. The van der Waals surface area contributed by atoms with Crippen molar-refractivity contribution in [3.63, 3.8) is 0 Å². The Kier molecular flexibility index (Phi) is 17.0. The molecule has 2 aliphatic heterocycles. The summed E-state index contributed by atoms with van der Waals surface area (Å²) in [6.45, 7) is 2.46. The molecule has 1 aromatic carbocycles. The standard InChI is InChI=1S/C31H43FN12O10.C2HF3O2/c1-16-6-7-18-24-19(26(45)20(28(47)48)15-42(16)24)14-21(32)25(18)41-12-8-17(9-13-41)54-29(49)23(5-3-11-37-31(35)40-44(52)53)38-27(46)22(33)4-2-10-36-30(34)39-43(50)51;3-2(4,5)1(6)7/h14-17,22-23H,2-13,33H2,1H3,(H,38,46)(H,47,48)(H3,34,36,39)(H3,35,37,40);(H,6,7)/t16-,22-,23-;/m0./s1. The first-order valence-electron chi connectivity index (χ1n) is 18.4. The Morgan fingerprint density at radius 3 is 2.05 bits per heavy atom. The maximum absolute atomic E-state index is 15.8. The largest absolute Gasteiger partial charge is 0.490 e. The number of aromatic nitrogens is 1. The van der Waals surface area contributed by atoms with Crippen molar-refractivity contribution in [2.45, 2.75) is 88.7 Å². The van der Waals surface area contributed by atoms with Crippen molar-refractivity contribution in [3.8, 4) is 0 Å². The molecule has 1 saturated heterocycles. The molecule has 61 heavy (non-hydrogen) atoms. The first-order valence-corrected chi connectivity index (χ1v) is 18.4. The van der Waals surface area contributed by atoms with E-state index in [1.807, 2.05) is 11.8 Å². The van der Waals surface area contributed by atoms with Gasteiger partial charge in [-0.05, 0) is 51.5 Å². The number of anilines is 1. The van der Waals surface area contributed by atoms with Crippen LogP contribution >= 0.6 is 0 Å². The zero-order chi connectivity index (χ0) is 45.8. The number of rotatable bonds is 16. The number of halogens is 4. The van der Waals surface area contributed by atoms with Gasteiger partial charge in [-0.25, -0.2) is 49.0 Å². The molecule has 28 heteroatoms. The van der Waals surface area contributed by atoms with E-state index in [0.29, 0.717) is 42.5 Å². The van der Waals surface area contributed by atoms with Crippen LogP contribution in [0, 0.1) is 26.0 Å². The molecule has 336 valence electrons. The first kappa shape index (κ1) is 48.5. The van der Waals surface area contributed by atoms with Crippen LogP contribution < -0.4 is 43.7 Å². The lowest BCUT2D eigenvalue weighted by Gasteiger charge is -2.37.